The first-order valence-electron chi connectivity index (χ1n) is 10.4. The number of benzene rings is 2. The van der Waals surface area contributed by atoms with Crippen LogP contribution in [0.25, 0.3) is 16.9 Å². The van der Waals surface area contributed by atoms with E-state index in [0.717, 1.165) is 16.8 Å². The van der Waals surface area contributed by atoms with Crippen molar-refractivity contribution in [1.82, 2.24) is 14.7 Å². The fourth-order valence-electron chi connectivity index (χ4n) is 4.09. The minimum atomic E-state index is -0.394. The molecule has 1 saturated heterocycles. The molecular weight excluding hydrogens is 395 g/mol. The molecule has 1 aliphatic rings. The van der Waals surface area contributed by atoms with Crippen LogP contribution in [-0.4, -0.2) is 39.6 Å². The molecule has 1 aromatic heterocycles. The molecule has 1 fully saturated rings. The largest absolute Gasteiger partial charge is 0.369 e. The zero-order valence-electron chi connectivity index (χ0n) is 17.6. The summed E-state index contributed by atoms with van der Waals surface area (Å²) in [6, 6.07) is 13.9. The Morgan fingerprint density at radius 3 is 2.42 bits per heavy atom. The minimum absolute atomic E-state index is 0.196. The van der Waals surface area contributed by atoms with Crippen molar-refractivity contribution >= 4 is 11.8 Å². The summed E-state index contributed by atoms with van der Waals surface area (Å²) >= 11 is 0. The molecule has 0 atom stereocenters. The van der Waals surface area contributed by atoms with Crippen LogP contribution >= 0.6 is 0 Å². The van der Waals surface area contributed by atoms with Crippen molar-refractivity contribution in [3.05, 3.63) is 71.2 Å². The van der Waals surface area contributed by atoms with E-state index in [1.54, 1.807) is 33.8 Å². The number of nitrogens with two attached hydrogens (primary N) is 1. The van der Waals surface area contributed by atoms with Gasteiger partial charge in [0.25, 0.3) is 5.91 Å². The highest BCUT2D eigenvalue weighted by atomic mass is 19.1. The predicted octanol–water partition coefficient (Wildman–Crippen LogP) is 3.63. The second-order valence-corrected chi connectivity index (χ2v) is 8.07. The van der Waals surface area contributed by atoms with Gasteiger partial charge in [-0.3, -0.25) is 9.59 Å². The van der Waals surface area contributed by atoms with Gasteiger partial charge in [-0.05, 0) is 56.5 Å². The van der Waals surface area contributed by atoms with E-state index >= 15 is 0 Å². The minimum Gasteiger partial charge on any atom is -0.369 e. The van der Waals surface area contributed by atoms with Gasteiger partial charge in [-0.2, -0.15) is 5.10 Å². The molecule has 2 aromatic carbocycles. The van der Waals surface area contributed by atoms with Gasteiger partial charge in [-0.1, -0.05) is 29.8 Å². The molecule has 4 rings (SSSR count). The fourth-order valence-corrected chi connectivity index (χ4v) is 4.09. The van der Waals surface area contributed by atoms with E-state index in [1.807, 2.05) is 32.0 Å². The number of nitrogens with zero attached hydrogens (tertiary/aromatic N) is 3. The lowest BCUT2D eigenvalue weighted by molar-refractivity contribution is -0.123. The maximum Gasteiger partial charge on any atom is 0.272 e. The zero-order valence-corrected chi connectivity index (χ0v) is 17.6. The lowest BCUT2D eigenvalue weighted by Crippen LogP contribution is -2.42. The number of hydrogen-bond acceptors (Lipinski definition) is 3. The summed E-state index contributed by atoms with van der Waals surface area (Å²) in [5, 5.41) is 4.62. The van der Waals surface area contributed by atoms with Crippen LogP contribution in [0.15, 0.2) is 48.5 Å². The molecule has 0 saturated carbocycles. The maximum absolute atomic E-state index is 14.4. The van der Waals surface area contributed by atoms with E-state index in [-0.39, 0.29) is 17.7 Å². The lowest BCUT2D eigenvalue weighted by atomic mass is 9.96. The van der Waals surface area contributed by atoms with Gasteiger partial charge in [-0.25, -0.2) is 9.07 Å². The van der Waals surface area contributed by atoms with E-state index < -0.39 is 5.82 Å². The number of rotatable bonds is 4. The average Bonchev–Trinajstić information content (AvgIpc) is 3.18. The number of aromatic nitrogens is 2. The number of carbonyl (C=O) groups is 2. The van der Waals surface area contributed by atoms with Gasteiger partial charge in [0, 0.05) is 24.6 Å². The zero-order chi connectivity index (χ0) is 22.1. The Kier molecular flexibility index (Phi) is 5.59. The standard InChI is InChI=1S/C24H25FN4O2/c1-15-7-8-21(16(2)13-15)29-22(14-20(27-29)18-5-3-4-6-19(18)25)24(31)28-11-9-17(10-12-28)23(26)30/h3-8,13-14,17H,9-12H2,1-2H3,(H2,26,30). The Balaban J connectivity index is 1.76. The Bertz CT molecular complexity index is 1150. The monoisotopic (exact) mass is 420 g/mol. The second kappa shape index (κ2) is 8.34. The van der Waals surface area contributed by atoms with Crippen LogP contribution in [0.3, 0.4) is 0 Å². The fraction of sp³-hybridized carbons (Fsp3) is 0.292. The summed E-state index contributed by atoms with van der Waals surface area (Å²) in [6.07, 6.45) is 1.08. The van der Waals surface area contributed by atoms with Crippen LogP contribution in [0.5, 0.6) is 0 Å². The molecule has 31 heavy (non-hydrogen) atoms. The van der Waals surface area contributed by atoms with Crippen molar-refractivity contribution in [3.8, 4) is 16.9 Å². The number of likely N-dealkylation sites (tertiary alicyclic amines) is 1. The summed E-state index contributed by atoms with van der Waals surface area (Å²) < 4.78 is 16.0. The summed E-state index contributed by atoms with van der Waals surface area (Å²) in [6.45, 7) is 4.85. The predicted molar refractivity (Wildman–Crippen MR) is 116 cm³/mol. The highest BCUT2D eigenvalue weighted by molar-refractivity contribution is 5.94. The normalized spacial score (nSPS) is 14.6. The molecule has 6 nitrogen and oxygen atoms in total. The number of hydrogen-bond donors (Lipinski definition) is 1. The van der Waals surface area contributed by atoms with Crippen molar-refractivity contribution in [2.75, 3.05) is 13.1 Å². The Labute approximate surface area is 180 Å². The quantitative estimate of drug-likeness (QED) is 0.700. The highest BCUT2D eigenvalue weighted by Gasteiger charge is 2.29. The van der Waals surface area contributed by atoms with Crippen LogP contribution in [0.4, 0.5) is 4.39 Å². The first-order valence-corrected chi connectivity index (χ1v) is 10.4. The molecule has 0 spiro atoms. The third kappa shape index (κ3) is 4.08. The molecule has 7 heteroatoms. The third-order valence-electron chi connectivity index (χ3n) is 5.84. The molecule has 0 bridgehead atoms. The SMILES string of the molecule is Cc1ccc(-n2nc(-c3ccccc3F)cc2C(=O)N2CCC(C(N)=O)CC2)c(C)c1. The molecule has 0 aliphatic carbocycles. The van der Waals surface area contributed by atoms with E-state index in [1.165, 1.54) is 6.07 Å². The summed E-state index contributed by atoms with van der Waals surface area (Å²) in [7, 11) is 0. The molecule has 3 aromatic rings. The van der Waals surface area contributed by atoms with Gasteiger partial charge in [0.1, 0.15) is 11.5 Å². The Morgan fingerprint density at radius 1 is 1.06 bits per heavy atom. The molecule has 0 unspecified atom stereocenters. The molecule has 160 valence electrons. The number of carbonyl (C=O) groups excluding carboxylic acids is 2. The smallest absolute Gasteiger partial charge is 0.272 e. The Morgan fingerprint density at radius 2 is 1.77 bits per heavy atom. The average molecular weight is 420 g/mol. The number of piperidine rings is 1. The van der Waals surface area contributed by atoms with Crippen molar-refractivity contribution in [2.24, 2.45) is 11.7 Å². The van der Waals surface area contributed by atoms with E-state index in [2.05, 4.69) is 5.10 Å². The summed E-state index contributed by atoms with van der Waals surface area (Å²) in [4.78, 5) is 26.6. The van der Waals surface area contributed by atoms with Gasteiger partial charge in [0.05, 0.1) is 11.4 Å². The van der Waals surface area contributed by atoms with Crippen molar-refractivity contribution in [2.45, 2.75) is 26.7 Å². The second-order valence-electron chi connectivity index (χ2n) is 8.07. The van der Waals surface area contributed by atoms with Gasteiger partial charge < -0.3 is 10.6 Å². The number of primary amides is 1. The topological polar surface area (TPSA) is 81.2 Å². The molecule has 2 heterocycles. The van der Waals surface area contributed by atoms with E-state index in [4.69, 9.17) is 5.73 Å². The van der Waals surface area contributed by atoms with Crippen LogP contribution in [-0.2, 0) is 4.79 Å². The van der Waals surface area contributed by atoms with Crippen molar-refractivity contribution in [3.63, 3.8) is 0 Å². The van der Waals surface area contributed by atoms with E-state index in [9.17, 15) is 14.0 Å². The number of aryl methyl sites for hydroxylation is 2. The lowest BCUT2D eigenvalue weighted by Gasteiger charge is -2.30. The molecule has 2 amide bonds. The first-order chi connectivity index (χ1) is 14.8. The highest BCUT2D eigenvalue weighted by Crippen LogP contribution is 2.27. The first kappa shape index (κ1) is 20.8. The van der Waals surface area contributed by atoms with Gasteiger partial charge >= 0.3 is 0 Å². The third-order valence-corrected chi connectivity index (χ3v) is 5.84. The van der Waals surface area contributed by atoms with Crippen molar-refractivity contribution < 1.29 is 14.0 Å². The molecular formula is C24H25FN4O2. The molecule has 2 N–H and O–H groups in total. The van der Waals surface area contributed by atoms with Gasteiger partial charge in [-0.15, -0.1) is 0 Å². The van der Waals surface area contributed by atoms with Gasteiger partial charge in [0.2, 0.25) is 5.91 Å². The van der Waals surface area contributed by atoms with Crippen LogP contribution in [0, 0.1) is 25.6 Å². The molecule has 0 radical (unpaired) electrons. The van der Waals surface area contributed by atoms with Crippen LogP contribution in [0.1, 0.15) is 34.5 Å². The van der Waals surface area contributed by atoms with Crippen LogP contribution in [0.2, 0.25) is 0 Å². The summed E-state index contributed by atoms with van der Waals surface area (Å²) in [5.41, 5.74) is 9.35. The Hall–Kier alpha value is -3.48. The van der Waals surface area contributed by atoms with Crippen LogP contribution < -0.4 is 5.73 Å². The van der Waals surface area contributed by atoms with E-state index in [0.29, 0.717) is 42.9 Å². The van der Waals surface area contributed by atoms with Gasteiger partial charge in [0.15, 0.2) is 0 Å². The summed E-state index contributed by atoms with van der Waals surface area (Å²) in [5.74, 6) is -1.12. The molecule has 1 aliphatic heterocycles. The number of halogens is 1. The maximum atomic E-state index is 14.4. The van der Waals surface area contributed by atoms with Crippen molar-refractivity contribution in [1.29, 1.82) is 0 Å². The number of amides is 2.